The molecule has 1 N–H and O–H groups in total. The molecule has 0 saturated heterocycles. The van der Waals surface area contributed by atoms with Gasteiger partial charge in [0, 0.05) is 6.07 Å². The van der Waals surface area contributed by atoms with Crippen LogP contribution in [0.2, 0.25) is 0 Å². The average molecular weight is 379 g/mol. The third-order valence-electron chi connectivity index (χ3n) is 4.91. The molecule has 2 heterocycles. The first-order valence-electron chi connectivity index (χ1n) is 9.66. The van der Waals surface area contributed by atoms with E-state index >= 15 is 0 Å². The smallest absolute Gasteiger partial charge is 0.209 e. The first-order valence-corrected chi connectivity index (χ1v) is 9.66. The summed E-state index contributed by atoms with van der Waals surface area (Å²) in [6.07, 6.45) is 0. The number of hydrogen-bond donors (Lipinski definition) is 1. The molecule has 0 atom stereocenters. The van der Waals surface area contributed by atoms with Crippen LogP contribution >= 0.6 is 0 Å². The summed E-state index contributed by atoms with van der Waals surface area (Å²) < 4.78 is 4.13. The monoisotopic (exact) mass is 379 g/mol. The maximum absolute atomic E-state index is 4.86. The number of imidazole rings is 1. The second kappa shape index (κ2) is 7.28. The molecule has 5 nitrogen and oxygen atoms in total. The normalized spacial score (nSPS) is 11.1. The Morgan fingerprint density at radius 2 is 1.52 bits per heavy atom. The van der Waals surface area contributed by atoms with Gasteiger partial charge in [0.25, 0.3) is 0 Å². The van der Waals surface area contributed by atoms with Gasteiger partial charge in [0.2, 0.25) is 5.95 Å². The van der Waals surface area contributed by atoms with Crippen molar-refractivity contribution in [1.82, 2.24) is 19.3 Å². The van der Waals surface area contributed by atoms with Gasteiger partial charge in [-0.1, -0.05) is 60.7 Å². The lowest BCUT2D eigenvalue weighted by Gasteiger charge is -2.12. The molecule has 0 aliphatic heterocycles. The summed E-state index contributed by atoms with van der Waals surface area (Å²) in [5.74, 6) is 1.69. The molecular weight excluding hydrogens is 358 g/mol. The van der Waals surface area contributed by atoms with Gasteiger partial charge in [0.15, 0.2) is 0 Å². The Morgan fingerprint density at radius 3 is 2.31 bits per heavy atom. The van der Waals surface area contributed by atoms with Crippen molar-refractivity contribution in [1.29, 1.82) is 0 Å². The second-order valence-corrected chi connectivity index (χ2v) is 7.04. The first kappa shape index (κ1) is 17.3. The lowest BCUT2D eigenvalue weighted by atomic mass is 10.2. The maximum Gasteiger partial charge on any atom is 0.209 e. The number of para-hydroxylation sites is 3. The van der Waals surface area contributed by atoms with Gasteiger partial charge < -0.3 is 9.88 Å². The minimum atomic E-state index is 0.738. The molecule has 142 valence electrons. The lowest BCUT2D eigenvalue weighted by Crippen LogP contribution is -2.08. The zero-order chi connectivity index (χ0) is 19.6. The Hall–Kier alpha value is -3.86. The lowest BCUT2D eigenvalue weighted by molar-refractivity contribution is 0.824. The number of hydrogen-bond acceptors (Lipinski definition) is 3. The number of anilines is 2. The Balaban J connectivity index is 1.59. The number of aryl methyl sites for hydroxylation is 1. The summed E-state index contributed by atoms with van der Waals surface area (Å²) in [5.41, 5.74) is 5.25. The molecule has 0 aliphatic carbocycles. The van der Waals surface area contributed by atoms with Gasteiger partial charge in [-0.15, -0.1) is 0 Å². The predicted molar refractivity (Wildman–Crippen MR) is 117 cm³/mol. The summed E-state index contributed by atoms with van der Waals surface area (Å²) in [4.78, 5) is 4.86. The van der Waals surface area contributed by atoms with Crippen LogP contribution in [0, 0.1) is 6.92 Å². The van der Waals surface area contributed by atoms with Crippen molar-refractivity contribution >= 4 is 22.8 Å². The van der Waals surface area contributed by atoms with Crippen molar-refractivity contribution in [3.63, 3.8) is 0 Å². The van der Waals surface area contributed by atoms with E-state index < -0.39 is 0 Å². The van der Waals surface area contributed by atoms with Gasteiger partial charge >= 0.3 is 0 Å². The Labute approximate surface area is 169 Å². The van der Waals surface area contributed by atoms with Gasteiger partial charge in [-0.3, -0.25) is 0 Å². The second-order valence-electron chi connectivity index (χ2n) is 7.04. The van der Waals surface area contributed by atoms with Crippen molar-refractivity contribution in [2.75, 3.05) is 5.32 Å². The zero-order valence-electron chi connectivity index (χ0n) is 16.2. The van der Waals surface area contributed by atoms with Crippen LogP contribution in [-0.4, -0.2) is 19.3 Å². The summed E-state index contributed by atoms with van der Waals surface area (Å²) in [6.45, 7) is 2.74. The Morgan fingerprint density at radius 1 is 0.828 bits per heavy atom. The number of benzene rings is 3. The van der Waals surface area contributed by atoms with E-state index in [1.54, 1.807) is 0 Å². The van der Waals surface area contributed by atoms with Crippen LogP contribution in [0.5, 0.6) is 0 Å². The predicted octanol–water partition coefficient (Wildman–Crippen LogP) is 5.32. The molecule has 3 aromatic carbocycles. The first-order chi connectivity index (χ1) is 14.3. The highest BCUT2D eigenvalue weighted by Crippen LogP contribution is 2.26. The van der Waals surface area contributed by atoms with Crippen LogP contribution in [0.3, 0.4) is 0 Å². The number of aromatic nitrogens is 4. The topological polar surface area (TPSA) is 47.7 Å². The highest BCUT2D eigenvalue weighted by Gasteiger charge is 2.14. The maximum atomic E-state index is 4.86. The Bertz CT molecular complexity index is 1250. The largest absolute Gasteiger partial charge is 0.310 e. The zero-order valence-corrected chi connectivity index (χ0v) is 16.2. The summed E-state index contributed by atoms with van der Waals surface area (Å²) in [6, 6.07) is 30.8. The van der Waals surface area contributed by atoms with Crippen LogP contribution in [0.25, 0.3) is 16.7 Å². The fraction of sp³-hybridized carbons (Fsp3) is 0.0833. The fourth-order valence-electron chi connectivity index (χ4n) is 3.57. The standard InChI is InChI=1S/C24H21N5/c1-18-16-23(29(27-18)20-12-6-3-7-13-20)26-24-25-21-14-8-9-15-22(21)28(24)17-19-10-4-2-5-11-19/h2-16H,17H2,1H3,(H,25,26). The van der Waals surface area contributed by atoms with E-state index in [1.165, 1.54) is 5.56 Å². The van der Waals surface area contributed by atoms with Gasteiger partial charge in [0.1, 0.15) is 5.82 Å². The highest BCUT2D eigenvalue weighted by molar-refractivity contribution is 5.79. The molecule has 5 aromatic rings. The van der Waals surface area contributed by atoms with Crippen molar-refractivity contribution in [2.24, 2.45) is 0 Å². The van der Waals surface area contributed by atoms with E-state index in [1.807, 2.05) is 72.3 Å². The summed E-state index contributed by atoms with van der Waals surface area (Å²) in [5, 5.41) is 8.18. The molecule has 0 bridgehead atoms. The molecule has 0 unspecified atom stereocenters. The van der Waals surface area contributed by atoms with E-state index in [0.29, 0.717) is 0 Å². The van der Waals surface area contributed by atoms with E-state index in [0.717, 1.165) is 40.7 Å². The van der Waals surface area contributed by atoms with Crippen LogP contribution in [0.1, 0.15) is 11.3 Å². The van der Waals surface area contributed by atoms with Crippen molar-refractivity contribution in [3.05, 3.63) is 102 Å². The van der Waals surface area contributed by atoms with Gasteiger partial charge in [0.05, 0.1) is 29.0 Å². The molecule has 0 fully saturated rings. The molecule has 29 heavy (non-hydrogen) atoms. The quantitative estimate of drug-likeness (QED) is 0.449. The SMILES string of the molecule is Cc1cc(Nc2nc3ccccc3n2Cc2ccccc2)n(-c2ccccc2)n1. The van der Waals surface area contributed by atoms with Gasteiger partial charge in [-0.2, -0.15) is 5.10 Å². The molecular formula is C24H21N5. The van der Waals surface area contributed by atoms with Crippen molar-refractivity contribution in [2.45, 2.75) is 13.5 Å². The summed E-state index contributed by atoms with van der Waals surface area (Å²) in [7, 11) is 0. The van der Waals surface area contributed by atoms with E-state index in [-0.39, 0.29) is 0 Å². The van der Waals surface area contributed by atoms with Crippen LogP contribution in [0.4, 0.5) is 11.8 Å². The molecule has 0 spiro atoms. The molecule has 5 heteroatoms. The van der Waals surface area contributed by atoms with Crippen LogP contribution in [-0.2, 0) is 6.54 Å². The fourth-order valence-corrected chi connectivity index (χ4v) is 3.57. The van der Waals surface area contributed by atoms with Gasteiger partial charge in [-0.25, -0.2) is 9.67 Å². The van der Waals surface area contributed by atoms with E-state index in [4.69, 9.17) is 4.98 Å². The molecule has 0 saturated carbocycles. The van der Waals surface area contributed by atoms with E-state index in [2.05, 4.69) is 45.3 Å². The molecule has 5 rings (SSSR count). The number of nitrogens with zero attached hydrogens (tertiary/aromatic N) is 4. The molecule has 2 aromatic heterocycles. The third kappa shape index (κ3) is 3.38. The Kier molecular flexibility index (Phi) is 4.33. The van der Waals surface area contributed by atoms with Crippen LogP contribution < -0.4 is 5.32 Å². The van der Waals surface area contributed by atoms with Crippen molar-refractivity contribution < 1.29 is 0 Å². The third-order valence-corrected chi connectivity index (χ3v) is 4.91. The molecule has 0 aliphatic rings. The molecule has 0 amide bonds. The average Bonchev–Trinajstić information content (AvgIpc) is 3.30. The van der Waals surface area contributed by atoms with E-state index in [9.17, 15) is 0 Å². The summed E-state index contributed by atoms with van der Waals surface area (Å²) >= 11 is 0. The minimum Gasteiger partial charge on any atom is -0.310 e. The highest BCUT2D eigenvalue weighted by atomic mass is 15.4. The van der Waals surface area contributed by atoms with Crippen molar-refractivity contribution in [3.8, 4) is 5.69 Å². The molecule has 0 radical (unpaired) electrons. The minimum absolute atomic E-state index is 0.738. The number of fused-ring (bicyclic) bond motifs is 1. The number of nitrogens with one attached hydrogen (secondary N) is 1. The van der Waals surface area contributed by atoms with Gasteiger partial charge in [-0.05, 0) is 36.8 Å². The number of rotatable bonds is 5. The van der Waals surface area contributed by atoms with Crippen LogP contribution in [0.15, 0.2) is 91.0 Å².